The van der Waals surface area contributed by atoms with Crippen molar-refractivity contribution >= 4 is 12.0 Å². The molecule has 0 aromatic rings. The molecule has 0 bridgehead atoms. The van der Waals surface area contributed by atoms with Gasteiger partial charge in [0.05, 0.1) is 0 Å². The minimum Gasteiger partial charge on any atom is -0.480 e. The van der Waals surface area contributed by atoms with Crippen LogP contribution in [0.2, 0.25) is 0 Å². The van der Waals surface area contributed by atoms with Gasteiger partial charge >= 0.3 is 12.0 Å². The van der Waals surface area contributed by atoms with Gasteiger partial charge in [0.1, 0.15) is 6.04 Å². The van der Waals surface area contributed by atoms with E-state index in [1.165, 1.54) is 0 Å². The highest BCUT2D eigenvalue weighted by atomic mass is 16.5. The number of aliphatic carboxylic acids is 1. The molecule has 0 aromatic carbocycles. The summed E-state index contributed by atoms with van der Waals surface area (Å²) in [5.41, 5.74) is 0. The zero-order valence-electron chi connectivity index (χ0n) is 10.9. The smallest absolute Gasteiger partial charge is 0.326 e. The Bertz CT molecular complexity index is 288. The molecule has 6 heteroatoms. The third-order valence-electron chi connectivity index (χ3n) is 3.08. The average Bonchev–Trinajstić information content (AvgIpc) is 2.78. The van der Waals surface area contributed by atoms with E-state index in [0.29, 0.717) is 12.5 Å². The first-order chi connectivity index (χ1) is 8.50. The quantitative estimate of drug-likeness (QED) is 0.658. The van der Waals surface area contributed by atoms with E-state index in [0.717, 1.165) is 26.1 Å². The fourth-order valence-electron chi connectivity index (χ4n) is 1.91. The maximum absolute atomic E-state index is 11.5. The summed E-state index contributed by atoms with van der Waals surface area (Å²) in [5.74, 6) is -0.647. The SMILES string of the molecule is CC(C)[C@@H](NC(=O)NCCC1CCOC1)C(=O)O. The third-order valence-corrected chi connectivity index (χ3v) is 3.08. The van der Waals surface area contributed by atoms with Crippen LogP contribution in [0.3, 0.4) is 0 Å². The molecule has 1 unspecified atom stereocenters. The van der Waals surface area contributed by atoms with Gasteiger partial charge in [0.25, 0.3) is 0 Å². The van der Waals surface area contributed by atoms with E-state index in [4.69, 9.17) is 9.84 Å². The molecular weight excluding hydrogens is 236 g/mol. The third kappa shape index (κ3) is 4.91. The molecule has 3 N–H and O–H groups in total. The molecule has 1 aliphatic rings. The van der Waals surface area contributed by atoms with Gasteiger partial charge < -0.3 is 20.5 Å². The summed E-state index contributed by atoms with van der Waals surface area (Å²) in [6.07, 6.45) is 1.90. The molecule has 104 valence electrons. The molecule has 1 fully saturated rings. The van der Waals surface area contributed by atoms with Crippen molar-refractivity contribution in [3.63, 3.8) is 0 Å². The number of carbonyl (C=O) groups excluding carboxylic acids is 1. The monoisotopic (exact) mass is 258 g/mol. The standard InChI is InChI=1S/C12H22N2O4/c1-8(2)10(11(15)16)14-12(17)13-5-3-9-4-6-18-7-9/h8-10H,3-7H2,1-2H3,(H,15,16)(H2,13,14,17)/t9?,10-/m1/s1. The normalized spacial score (nSPS) is 20.7. The van der Waals surface area contributed by atoms with Gasteiger partial charge in [0.2, 0.25) is 0 Å². The van der Waals surface area contributed by atoms with Gasteiger partial charge in [-0.05, 0) is 24.7 Å². The second-order valence-corrected chi connectivity index (χ2v) is 4.98. The Morgan fingerprint density at radius 2 is 2.17 bits per heavy atom. The number of rotatable bonds is 6. The molecule has 1 rings (SSSR count). The summed E-state index contributed by atoms with van der Waals surface area (Å²) in [4.78, 5) is 22.4. The zero-order chi connectivity index (χ0) is 13.5. The minimum absolute atomic E-state index is 0.142. The van der Waals surface area contributed by atoms with E-state index in [1.807, 2.05) is 0 Å². The Kier molecular flexibility index (Phi) is 5.91. The van der Waals surface area contributed by atoms with E-state index < -0.39 is 18.0 Å². The molecule has 1 saturated heterocycles. The van der Waals surface area contributed by atoms with Crippen molar-refractivity contribution in [3.8, 4) is 0 Å². The Morgan fingerprint density at radius 1 is 1.44 bits per heavy atom. The molecule has 0 radical (unpaired) electrons. The van der Waals surface area contributed by atoms with Gasteiger partial charge in [-0.3, -0.25) is 0 Å². The number of hydrogen-bond acceptors (Lipinski definition) is 3. The van der Waals surface area contributed by atoms with Crippen LogP contribution in [0.4, 0.5) is 4.79 Å². The number of ether oxygens (including phenoxy) is 1. The highest BCUT2D eigenvalue weighted by Crippen LogP contribution is 2.15. The van der Waals surface area contributed by atoms with Crippen molar-refractivity contribution in [2.75, 3.05) is 19.8 Å². The Balaban J connectivity index is 2.21. The number of carboxylic acid groups (broad SMARTS) is 1. The average molecular weight is 258 g/mol. The Labute approximate surface area is 107 Å². The van der Waals surface area contributed by atoms with Crippen LogP contribution in [0, 0.1) is 11.8 Å². The van der Waals surface area contributed by atoms with Crippen LogP contribution >= 0.6 is 0 Å². The molecule has 6 nitrogen and oxygen atoms in total. The highest BCUT2D eigenvalue weighted by Gasteiger charge is 2.23. The maximum atomic E-state index is 11.5. The van der Waals surface area contributed by atoms with Crippen molar-refractivity contribution < 1.29 is 19.4 Å². The predicted octanol–water partition coefficient (Wildman–Crippen LogP) is 0.821. The van der Waals surface area contributed by atoms with Crippen LogP contribution < -0.4 is 10.6 Å². The number of urea groups is 1. The van der Waals surface area contributed by atoms with E-state index in [2.05, 4.69) is 10.6 Å². The van der Waals surface area contributed by atoms with Gasteiger partial charge in [0, 0.05) is 19.8 Å². The van der Waals surface area contributed by atoms with Crippen molar-refractivity contribution in [2.24, 2.45) is 11.8 Å². The van der Waals surface area contributed by atoms with Crippen molar-refractivity contribution in [1.82, 2.24) is 10.6 Å². The minimum atomic E-state index is -1.01. The maximum Gasteiger partial charge on any atom is 0.326 e. The summed E-state index contributed by atoms with van der Waals surface area (Å²) in [6.45, 7) is 5.62. The van der Waals surface area contributed by atoms with Crippen molar-refractivity contribution in [1.29, 1.82) is 0 Å². The van der Waals surface area contributed by atoms with E-state index in [-0.39, 0.29) is 5.92 Å². The first-order valence-corrected chi connectivity index (χ1v) is 6.35. The number of carbonyl (C=O) groups is 2. The van der Waals surface area contributed by atoms with Gasteiger partial charge in [-0.1, -0.05) is 13.8 Å². The summed E-state index contributed by atoms with van der Waals surface area (Å²) < 4.78 is 5.24. The second-order valence-electron chi connectivity index (χ2n) is 4.98. The highest BCUT2D eigenvalue weighted by molar-refractivity contribution is 5.82. The summed E-state index contributed by atoms with van der Waals surface area (Å²) >= 11 is 0. The molecule has 0 aromatic heterocycles. The van der Waals surface area contributed by atoms with E-state index >= 15 is 0 Å². The van der Waals surface area contributed by atoms with Crippen LogP contribution in [0.25, 0.3) is 0 Å². The first-order valence-electron chi connectivity index (χ1n) is 6.35. The van der Waals surface area contributed by atoms with Crippen molar-refractivity contribution in [2.45, 2.75) is 32.7 Å². The molecule has 18 heavy (non-hydrogen) atoms. The van der Waals surface area contributed by atoms with Crippen LogP contribution in [0.1, 0.15) is 26.7 Å². The van der Waals surface area contributed by atoms with Gasteiger partial charge in [0.15, 0.2) is 0 Å². The Morgan fingerprint density at radius 3 is 2.67 bits per heavy atom. The topological polar surface area (TPSA) is 87.7 Å². The summed E-state index contributed by atoms with van der Waals surface area (Å²) in [6, 6.07) is -1.27. The molecule has 2 amide bonds. The number of carboxylic acids is 1. The number of nitrogens with one attached hydrogen (secondary N) is 2. The number of amides is 2. The van der Waals surface area contributed by atoms with Gasteiger partial charge in [-0.25, -0.2) is 9.59 Å². The number of hydrogen-bond donors (Lipinski definition) is 3. The van der Waals surface area contributed by atoms with Gasteiger partial charge in [-0.15, -0.1) is 0 Å². The second kappa shape index (κ2) is 7.20. The Hall–Kier alpha value is -1.30. The van der Waals surface area contributed by atoms with Crippen LogP contribution in [-0.4, -0.2) is 42.9 Å². The zero-order valence-corrected chi connectivity index (χ0v) is 10.9. The molecule has 1 aliphatic heterocycles. The summed E-state index contributed by atoms with van der Waals surface area (Å²) in [7, 11) is 0. The van der Waals surface area contributed by atoms with E-state index in [9.17, 15) is 9.59 Å². The lowest BCUT2D eigenvalue weighted by Crippen LogP contribution is -2.48. The molecule has 0 saturated carbocycles. The van der Waals surface area contributed by atoms with Gasteiger partial charge in [-0.2, -0.15) is 0 Å². The van der Waals surface area contributed by atoms with Crippen LogP contribution in [0.5, 0.6) is 0 Å². The molecule has 0 spiro atoms. The predicted molar refractivity (Wildman–Crippen MR) is 66.3 cm³/mol. The van der Waals surface area contributed by atoms with Crippen LogP contribution in [-0.2, 0) is 9.53 Å². The summed E-state index contributed by atoms with van der Waals surface area (Å²) in [5, 5.41) is 14.1. The fraction of sp³-hybridized carbons (Fsp3) is 0.833. The lowest BCUT2D eigenvalue weighted by molar-refractivity contribution is -0.140. The largest absolute Gasteiger partial charge is 0.480 e. The fourth-order valence-corrected chi connectivity index (χ4v) is 1.91. The first kappa shape index (κ1) is 14.8. The van der Waals surface area contributed by atoms with E-state index in [1.54, 1.807) is 13.8 Å². The van der Waals surface area contributed by atoms with Crippen LogP contribution in [0.15, 0.2) is 0 Å². The molecule has 0 aliphatic carbocycles. The molecular formula is C12H22N2O4. The van der Waals surface area contributed by atoms with Crippen molar-refractivity contribution in [3.05, 3.63) is 0 Å². The molecule has 2 atom stereocenters. The lowest BCUT2D eigenvalue weighted by atomic mass is 10.0. The molecule has 1 heterocycles. The lowest BCUT2D eigenvalue weighted by Gasteiger charge is -2.18.